The van der Waals surface area contributed by atoms with E-state index in [-0.39, 0.29) is 6.10 Å². The third kappa shape index (κ3) is 6.35. The molecule has 0 bridgehead atoms. The summed E-state index contributed by atoms with van der Waals surface area (Å²) in [5.41, 5.74) is 0. The molecular weight excluding hydrogens is 240 g/mol. The maximum absolute atomic E-state index is 12.0. The van der Waals surface area contributed by atoms with Crippen LogP contribution in [0.25, 0.3) is 0 Å². The maximum atomic E-state index is 12.0. The van der Waals surface area contributed by atoms with Gasteiger partial charge in [0.2, 0.25) is 10.0 Å². The average Bonchev–Trinajstić information content (AvgIpc) is 2.24. The summed E-state index contributed by atoms with van der Waals surface area (Å²) in [6.45, 7) is 9.63. The van der Waals surface area contributed by atoms with Crippen molar-refractivity contribution in [3.05, 3.63) is 0 Å². The van der Waals surface area contributed by atoms with Gasteiger partial charge in [0.15, 0.2) is 0 Å². The van der Waals surface area contributed by atoms with Gasteiger partial charge in [-0.05, 0) is 27.3 Å². The lowest BCUT2D eigenvalue weighted by molar-refractivity contribution is 0.0736. The van der Waals surface area contributed by atoms with E-state index in [0.29, 0.717) is 19.7 Å². The summed E-state index contributed by atoms with van der Waals surface area (Å²) in [7, 11) is -1.62. The second-order valence-electron chi connectivity index (χ2n) is 4.40. The molecule has 0 aliphatic heterocycles. The number of nitrogens with one attached hydrogen (secondary N) is 1. The van der Waals surface area contributed by atoms with Crippen LogP contribution >= 0.6 is 0 Å². The fraction of sp³-hybridized carbons (Fsp3) is 1.00. The van der Waals surface area contributed by atoms with Gasteiger partial charge in [0.25, 0.3) is 0 Å². The Morgan fingerprint density at radius 1 is 1.29 bits per heavy atom. The molecule has 0 saturated carbocycles. The highest BCUT2D eigenvalue weighted by molar-refractivity contribution is 7.89. The molecule has 0 aromatic carbocycles. The summed E-state index contributed by atoms with van der Waals surface area (Å²) in [5, 5.41) is 2.64. The second-order valence-corrected chi connectivity index (χ2v) is 6.86. The number of hydrogen-bond acceptors (Lipinski definition) is 4. The molecule has 0 aliphatic carbocycles. The molecule has 0 fully saturated rings. The molecule has 0 saturated heterocycles. The fourth-order valence-corrected chi connectivity index (χ4v) is 2.58. The van der Waals surface area contributed by atoms with E-state index >= 15 is 0 Å². The molecular formula is C11H26N2O3S. The third-order valence-corrected chi connectivity index (χ3v) is 4.72. The van der Waals surface area contributed by atoms with Crippen molar-refractivity contribution < 1.29 is 13.2 Å². The number of likely N-dealkylation sites (N-methyl/N-ethyl adjacent to an activating group) is 1. The van der Waals surface area contributed by atoms with Gasteiger partial charge in [-0.15, -0.1) is 0 Å². The topological polar surface area (TPSA) is 58.6 Å². The molecule has 0 spiro atoms. The van der Waals surface area contributed by atoms with Crippen LogP contribution in [0.2, 0.25) is 0 Å². The van der Waals surface area contributed by atoms with E-state index in [1.807, 2.05) is 20.8 Å². The minimum absolute atomic E-state index is 0.130. The van der Waals surface area contributed by atoms with Crippen LogP contribution in [0.1, 0.15) is 27.7 Å². The van der Waals surface area contributed by atoms with Crippen LogP contribution in [-0.4, -0.2) is 57.4 Å². The first kappa shape index (κ1) is 16.8. The van der Waals surface area contributed by atoms with E-state index in [0.717, 1.165) is 6.54 Å². The SMILES string of the molecule is CCNCC(C)S(=O)(=O)N(C)CCOC(C)C. The van der Waals surface area contributed by atoms with E-state index in [4.69, 9.17) is 4.74 Å². The third-order valence-electron chi connectivity index (χ3n) is 2.48. The Kier molecular flexibility index (Phi) is 7.94. The zero-order chi connectivity index (χ0) is 13.5. The molecule has 5 nitrogen and oxygen atoms in total. The number of ether oxygens (including phenoxy) is 1. The lowest BCUT2D eigenvalue weighted by atomic mass is 10.5. The number of sulfonamides is 1. The Morgan fingerprint density at radius 2 is 1.88 bits per heavy atom. The Morgan fingerprint density at radius 3 is 2.35 bits per heavy atom. The minimum Gasteiger partial charge on any atom is -0.377 e. The van der Waals surface area contributed by atoms with Crippen molar-refractivity contribution in [3.8, 4) is 0 Å². The normalized spacial score (nSPS) is 14.5. The van der Waals surface area contributed by atoms with Crippen LogP contribution in [0.5, 0.6) is 0 Å². The van der Waals surface area contributed by atoms with E-state index in [9.17, 15) is 8.42 Å². The van der Waals surface area contributed by atoms with E-state index in [1.54, 1.807) is 14.0 Å². The fourth-order valence-electron chi connectivity index (χ4n) is 1.30. The lowest BCUT2D eigenvalue weighted by Crippen LogP contribution is -2.41. The zero-order valence-corrected chi connectivity index (χ0v) is 12.4. The molecule has 0 rings (SSSR count). The average molecular weight is 266 g/mol. The number of nitrogens with zero attached hydrogens (tertiary/aromatic N) is 1. The van der Waals surface area contributed by atoms with E-state index in [1.165, 1.54) is 4.31 Å². The van der Waals surface area contributed by atoms with Crippen molar-refractivity contribution in [3.63, 3.8) is 0 Å². The molecule has 17 heavy (non-hydrogen) atoms. The Bertz CT molecular complexity index is 291. The molecule has 0 aromatic rings. The van der Waals surface area contributed by atoms with Crippen LogP contribution in [0, 0.1) is 0 Å². The summed E-state index contributed by atoms with van der Waals surface area (Å²) < 4.78 is 30.8. The summed E-state index contributed by atoms with van der Waals surface area (Å²) in [6, 6.07) is 0. The van der Waals surface area contributed by atoms with Crippen molar-refractivity contribution in [1.29, 1.82) is 0 Å². The molecule has 1 unspecified atom stereocenters. The van der Waals surface area contributed by atoms with Gasteiger partial charge in [-0.3, -0.25) is 0 Å². The Balaban J connectivity index is 4.19. The first-order valence-corrected chi connectivity index (χ1v) is 7.60. The molecule has 0 aromatic heterocycles. The molecule has 6 heteroatoms. The predicted molar refractivity (Wildman–Crippen MR) is 70.6 cm³/mol. The van der Waals surface area contributed by atoms with Gasteiger partial charge in [0.1, 0.15) is 0 Å². The van der Waals surface area contributed by atoms with E-state index < -0.39 is 15.3 Å². The monoisotopic (exact) mass is 266 g/mol. The summed E-state index contributed by atoms with van der Waals surface area (Å²) in [5.74, 6) is 0. The highest BCUT2D eigenvalue weighted by Gasteiger charge is 2.25. The van der Waals surface area contributed by atoms with Gasteiger partial charge < -0.3 is 10.1 Å². The van der Waals surface area contributed by atoms with Crippen LogP contribution in [0.4, 0.5) is 0 Å². The van der Waals surface area contributed by atoms with Crippen LogP contribution in [0.15, 0.2) is 0 Å². The lowest BCUT2D eigenvalue weighted by Gasteiger charge is -2.22. The van der Waals surface area contributed by atoms with Crippen molar-refractivity contribution in [1.82, 2.24) is 9.62 Å². The van der Waals surface area contributed by atoms with Gasteiger partial charge >= 0.3 is 0 Å². The zero-order valence-electron chi connectivity index (χ0n) is 11.6. The van der Waals surface area contributed by atoms with Crippen molar-refractivity contribution in [2.75, 3.05) is 33.3 Å². The quantitative estimate of drug-likeness (QED) is 0.666. The largest absolute Gasteiger partial charge is 0.377 e. The summed E-state index contributed by atoms with van der Waals surface area (Å²) in [4.78, 5) is 0. The van der Waals surface area contributed by atoms with Crippen molar-refractivity contribution in [2.45, 2.75) is 39.0 Å². The van der Waals surface area contributed by atoms with Gasteiger partial charge in [-0.2, -0.15) is 0 Å². The van der Waals surface area contributed by atoms with Crippen molar-refractivity contribution in [2.24, 2.45) is 0 Å². The van der Waals surface area contributed by atoms with Crippen LogP contribution in [0.3, 0.4) is 0 Å². The Labute approximate surface area is 106 Å². The minimum atomic E-state index is -3.22. The highest BCUT2D eigenvalue weighted by Crippen LogP contribution is 2.06. The van der Waals surface area contributed by atoms with Gasteiger partial charge in [0, 0.05) is 20.1 Å². The standard InChI is InChI=1S/C11H26N2O3S/c1-6-12-9-11(4)17(14,15)13(5)7-8-16-10(2)3/h10-12H,6-9H2,1-5H3. The smallest absolute Gasteiger partial charge is 0.217 e. The molecule has 0 radical (unpaired) electrons. The van der Waals surface area contributed by atoms with Crippen LogP contribution < -0.4 is 5.32 Å². The maximum Gasteiger partial charge on any atom is 0.217 e. The number of hydrogen-bond donors (Lipinski definition) is 1. The first-order chi connectivity index (χ1) is 7.82. The van der Waals surface area contributed by atoms with Crippen LogP contribution in [-0.2, 0) is 14.8 Å². The molecule has 1 N–H and O–H groups in total. The van der Waals surface area contributed by atoms with E-state index in [2.05, 4.69) is 5.32 Å². The highest BCUT2D eigenvalue weighted by atomic mass is 32.2. The predicted octanol–water partition coefficient (Wildman–Crippen LogP) is 0.671. The molecule has 0 amide bonds. The Hall–Kier alpha value is -0.170. The van der Waals surface area contributed by atoms with Gasteiger partial charge in [-0.25, -0.2) is 12.7 Å². The molecule has 0 aliphatic rings. The molecule has 1 atom stereocenters. The van der Waals surface area contributed by atoms with Gasteiger partial charge in [-0.1, -0.05) is 6.92 Å². The number of rotatable bonds is 9. The van der Waals surface area contributed by atoms with Gasteiger partial charge in [0.05, 0.1) is 18.0 Å². The molecule has 104 valence electrons. The summed E-state index contributed by atoms with van der Waals surface area (Å²) >= 11 is 0. The molecule has 0 heterocycles. The summed E-state index contributed by atoms with van der Waals surface area (Å²) in [6.07, 6.45) is 0.130. The second kappa shape index (κ2) is 8.02. The van der Waals surface area contributed by atoms with Crippen molar-refractivity contribution >= 4 is 10.0 Å². The first-order valence-electron chi connectivity index (χ1n) is 6.09.